The van der Waals surface area contributed by atoms with E-state index in [1.165, 1.54) is 0 Å². The van der Waals surface area contributed by atoms with Crippen LogP contribution in [-0.4, -0.2) is 160 Å². The summed E-state index contributed by atoms with van der Waals surface area (Å²) in [7, 11) is -13.4. The maximum absolute atomic E-state index is 5.52. The zero-order chi connectivity index (χ0) is 24.1. The van der Waals surface area contributed by atoms with Gasteiger partial charge in [0, 0.05) is 0 Å². The predicted molar refractivity (Wildman–Crippen MR) is 165 cm³/mol. The van der Waals surface area contributed by atoms with Gasteiger partial charge in [0.25, 0.3) is 140 Å². The first kappa shape index (κ1) is 35.9. The SMILES string of the molecule is C[SiH](C)O[SiH2]O[SiH2]O[SiH2]O[SiH2]O[SiH2]O[SiH2]O[SiH2]O[SiH2]O[SiH2]O[SiH2]O[SiH2]O[SiH2]O[SiH2]O[SiH2]O[SiH3]. The first-order valence-electron chi connectivity index (χ1n) is 9.88. The zero-order valence-corrected chi connectivity index (χ0v) is 42.6. The largest absolute Gasteiger partial charge is 0.449 e. The molecule has 200 valence electrons. The molecule has 0 N–H and O–H groups in total. The summed E-state index contributed by atoms with van der Waals surface area (Å²) in [4.78, 5) is 0. The lowest BCUT2D eigenvalue weighted by Gasteiger charge is -2.10. The van der Waals surface area contributed by atoms with Crippen LogP contribution in [0.1, 0.15) is 0 Å². The van der Waals surface area contributed by atoms with Crippen LogP contribution in [0.3, 0.4) is 0 Å². The van der Waals surface area contributed by atoms with E-state index in [-0.39, 0.29) is 0 Å². The highest BCUT2D eigenvalue weighted by Gasteiger charge is 1.99. The van der Waals surface area contributed by atoms with Crippen molar-refractivity contribution in [2.75, 3.05) is 0 Å². The van der Waals surface area contributed by atoms with Gasteiger partial charge in [-0.05, 0) is 13.1 Å². The smallest absolute Gasteiger partial charge is 0.286 e. The summed E-state index contributed by atoms with van der Waals surface area (Å²) >= 11 is 0. The van der Waals surface area contributed by atoms with Gasteiger partial charge in [-0.15, -0.1) is 0 Å². The molecule has 0 aliphatic heterocycles. The highest BCUT2D eigenvalue weighted by molar-refractivity contribution is 6.56. The fourth-order valence-electron chi connectivity index (χ4n) is 1.42. The summed E-state index contributed by atoms with van der Waals surface area (Å²) in [6.45, 7) is 4.26. The van der Waals surface area contributed by atoms with Crippen LogP contribution in [0, 0.1) is 0 Å². The lowest BCUT2D eigenvalue weighted by atomic mass is 11.9. The Morgan fingerprint density at radius 3 is 0.788 bits per heavy atom. The summed E-state index contributed by atoms with van der Waals surface area (Å²) < 4.78 is 81.1. The quantitative estimate of drug-likeness (QED) is 0.0528. The monoisotopic (exact) mass is 750 g/mol. The third-order valence-electron chi connectivity index (χ3n) is 2.69. The molecule has 0 aromatic heterocycles. The molecule has 0 radical (unpaired) electrons. The van der Waals surface area contributed by atoms with Crippen molar-refractivity contribution in [1.82, 2.24) is 0 Å². The molecule has 0 aliphatic carbocycles. The van der Waals surface area contributed by atoms with Crippen LogP contribution < -0.4 is 0 Å². The van der Waals surface area contributed by atoms with Gasteiger partial charge in [0.2, 0.25) is 0 Å². The van der Waals surface area contributed by atoms with Crippen molar-refractivity contribution < 1.29 is 61.7 Å². The second-order valence-corrected chi connectivity index (χ2v) is 36.1. The third-order valence-corrected chi connectivity index (χ3v) is 24.2. The van der Waals surface area contributed by atoms with Gasteiger partial charge in [-0.3, -0.25) is 0 Å². The molecular formula is C2H38O15Si16. The van der Waals surface area contributed by atoms with Crippen molar-refractivity contribution in [3.05, 3.63) is 0 Å². The zero-order valence-electron chi connectivity index (χ0n) is 19.6. The molecule has 33 heavy (non-hydrogen) atoms. The van der Waals surface area contributed by atoms with E-state index in [9.17, 15) is 0 Å². The first-order chi connectivity index (χ1) is 16.3. The van der Waals surface area contributed by atoms with E-state index in [4.69, 9.17) is 61.7 Å². The maximum atomic E-state index is 5.52. The molecule has 15 nitrogen and oxygen atoms in total. The van der Waals surface area contributed by atoms with Gasteiger partial charge in [0.05, 0.1) is 0 Å². The van der Waals surface area contributed by atoms with Crippen molar-refractivity contribution in [1.29, 1.82) is 0 Å². The maximum Gasteiger partial charge on any atom is 0.286 e. The number of rotatable bonds is 29. The molecule has 0 rings (SSSR count). The van der Waals surface area contributed by atoms with Crippen LogP contribution >= 0.6 is 0 Å². The van der Waals surface area contributed by atoms with Crippen molar-refractivity contribution in [2.45, 2.75) is 13.1 Å². The van der Waals surface area contributed by atoms with Gasteiger partial charge < -0.3 is 61.7 Å². The van der Waals surface area contributed by atoms with Gasteiger partial charge in [-0.25, -0.2) is 0 Å². The predicted octanol–water partition coefficient (Wildman–Crippen LogP) is -14.5. The molecule has 0 saturated heterocycles. The molecule has 0 saturated carbocycles. The van der Waals surface area contributed by atoms with Gasteiger partial charge >= 0.3 is 0 Å². The normalized spacial score (nSPS) is 16.8. The molecule has 31 heteroatoms. The third kappa shape index (κ3) is 34.9. The van der Waals surface area contributed by atoms with E-state index >= 15 is 0 Å². The van der Waals surface area contributed by atoms with E-state index in [2.05, 4.69) is 13.1 Å². The Kier molecular flexibility index (Phi) is 35.8. The van der Waals surface area contributed by atoms with E-state index in [0.29, 0.717) is 0 Å². The highest BCUT2D eigenvalue weighted by Crippen LogP contribution is 1.82. The molecule has 0 heterocycles. The van der Waals surface area contributed by atoms with Crippen LogP contribution in [-0.2, 0) is 61.7 Å². The van der Waals surface area contributed by atoms with Crippen molar-refractivity contribution >= 4 is 160 Å². The lowest BCUT2D eigenvalue weighted by molar-refractivity contribution is 0.356. The topological polar surface area (TPSA) is 138 Å². The minimum atomic E-state index is -1.01. The van der Waals surface area contributed by atoms with Gasteiger partial charge in [0.15, 0.2) is 9.04 Å². The summed E-state index contributed by atoms with van der Waals surface area (Å²) in [6.07, 6.45) is 0. The van der Waals surface area contributed by atoms with Gasteiger partial charge in [0.1, 0.15) is 10.5 Å². The van der Waals surface area contributed by atoms with Gasteiger partial charge in [-0.1, -0.05) is 0 Å². The molecule has 0 spiro atoms. The molecule has 0 amide bonds. The Morgan fingerprint density at radius 1 is 0.364 bits per heavy atom. The Labute approximate surface area is 233 Å². The Balaban J connectivity index is 3.00. The molecule has 0 atom stereocenters. The average molecular weight is 752 g/mol. The lowest BCUT2D eigenvalue weighted by Crippen LogP contribution is -2.22. The first-order valence-corrected chi connectivity index (χ1v) is 29.6. The summed E-state index contributed by atoms with van der Waals surface area (Å²) in [5.74, 6) is 0. The van der Waals surface area contributed by atoms with E-state index in [0.717, 1.165) is 10.5 Å². The van der Waals surface area contributed by atoms with Crippen molar-refractivity contribution in [3.63, 3.8) is 0 Å². The van der Waals surface area contributed by atoms with Crippen LogP contribution in [0.2, 0.25) is 13.1 Å². The fourth-order valence-corrected chi connectivity index (χ4v) is 27.8. The average Bonchev–Trinajstić information content (AvgIpc) is 2.80. The molecule has 0 aromatic rings. The van der Waals surface area contributed by atoms with E-state index in [1.54, 1.807) is 0 Å². The second kappa shape index (κ2) is 32.9. The van der Waals surface area contributed by atoms with E-state index in [1.807, 2.05) is 0 Å². The van der Waals surface area contributed by atoms with Crippen molar-refractivity contribution in [2.24, 2.45) is 0 Å². The van der Waals surface area contributed by atoms with Crippen LogP contribution in [0.15, 0.2) is 0 Å². The number of hydrogen-bond donors (Lipinski definition) is 0. The van der Waals surface area contributed by atoms with Crippen LogP contribution in [0.5, 0.6) is 0 Å². The molecular weight excluding hydrogens is 713 g/mol. The molecule has 0 bridgehead atoms. The van der Waals surface area contributed by atoms with Gasteiger partial charge in [-0.2, -0.15) is 0 Å². The van der Waals surface area contributed by atoms with Crippen LogP contribution in [0.4, 0.5) is 0 Å². The van der Waals surface area contributed by atoms with Crippen molar-refractivity contribution in [3.8, 4) is 0 Å². The Hall–Kier alpha value is 2.87. The highest BCUT2D eigenvalue weighted by atomic mass is 28.4. The second-order valence-electron chi connectivity index (χ2n) is 5.81. The molecule has 0 fully saturated rings. The fraction of sp³-hybridized carbons (Fsp3) is 1.00. The minimum Gasteiger partial charge on any atom is -0.449 e. The molecule has 0 aromatic carbocycles. The van der Waals surface area contributed by atoms with Crippen LogP contribution in [0.25, 0.3) is 0 Å². The molecule has 0 aliphatic rings. The minimum absolute atomic E-state index is 0.740. The molecule has 0 unspecified atom stereocenters. The standard InChI is InChI=1S/C2H38O15Si16/c1-33(2)17-32-16-31-15-30-14-29-13-28-12-27-11-26-10-25-9-24-8-23-7-22-6-21-5-20-4-19-3-18/h33H,19-32H2,1-2,18H3. The summed E-state index contributed by atoms with van der Waals surface area (Å²) in [6, 6.07) is 0. The summed E-state index contributed by atoms with van der Waals surface area (Å²) in [5, 5.41) is 0. The Bertz CT molecular complexity index is 360. The Morgan fingerprint density at radius 2 is 0.576 bits per heavy atom. The van der Waals surface area contributed by atoms with E-state index < -0.39 is 149 Å². The summed E-state index contributed by atoms with van der Waals surface area (Å²) in [5.41, 5.74) is 0. The number of hydrogen-bond acceptors (Lipinski definition) is 15.